The van der Waals surface area contributed by atoms with Crippen molar-refractivity contribution >= 4 is 22.3 Å². The highest BCUT2D eigenvalue weighted by Gasteiger charge is 2.20. The molecule has 158 valence electrons. The van der Waals surface area contributed by atoms with Crippen LogP contribution < -0.4 is 15.5 Å². The summed E-state index contributed by atoms with van der Waals surface area (Å²) in [5.74, 6) is -0.857. The average molecular weight is 414 g/mol. The molecule has 1 saturated heterocycles. The molecule has 2 aromatic carbocycles. The molecule has 0 radical (unpaired) electrons. The van der Waals surface area contributed by atoms with Crippen LogP contribution >= 0.6 is 0 Å². The van der Waals surface area contributed by atoms with Gasteiger partial charge in [-0.1, -0.05) is 18.2 Å². The van der Waals surface area contributed by atoms with E-state index in [0.29, 0.717) is 0 Å². The number of fused-ring (bicyclic) bond motifs is 1. The number of aromatic nitrogens is 1. The largest absolute Gasteiger partial charge is 0.378 e. The first kappa shape index (κ1) is 20.5. The van der Waals surface area contributed by atoms with Crippen molar-refractivity contribution in [1.82, 2.24) is 10.3 Å². The van der Waals surface area contributed by atoms with Crippen LogP contribution in [0.1, 0.15) is 36.2 Å². The van der Waals surface area contributed by atoms with E-state index in [2.05, 4.69) is 32.7 Å². The molecule has 3 aromatic rings. The topological polar surface area (TPSA) is 40.2 Å². The van der Waals surface area contributed by atoms with Gasteiger partial charge in [0.25, 0.3) is 6.43 Å². The van der Waals surface area contributed by atoms with Crippen molar-refractivity contribution in [3.05, 3.63) is 65.1 Å². The fraction of sp³-hybridized carbons (Fsp3) is 0.348. The lowest BCUT2D eigenvalue weighted by Crippen LogP contribution is -2.43. The van der Waals surface area contributed by atoms with E-state index in [1.54, 1.807) is 13.0 Å². The molecule has 2 N–H and O–H groups in total. The number of benzene rings is 2. The van der Waals surface area contributed by atoms with Gasteiger partial charge in [0.2, 0.25) is 0 Å². The van der Waals surface area contributed by atoms with Crippen LogP contribution in [-0.4, -0.2) is 31.2 Å². The van der Waals surface area contributed by atoms with Crippen LogP contribution in [0.25, 0.3) is 10.9 Å². The van der Waals surface area contributed by atoms with E-state index < -0.39 is 23.8 Å². The zero-order chi connectivity index (χ0) is 21.3. The second-order valence-electron chi connectivity index (χ2n) is 7.67. The predicted molar refractivity (Wildman–Crippen MR) is 115 cm³/mol. The van der Waals surface area contributed by atoms with E-state index in [-0.39, 0.29) is 5.56 Å². The fourth-order valence-corrected chi connectivity index (χ4v) is 3.97. The van der Waals surface area contributed by atoms with E-state index in [1.165, 1.54) is 6.07 Å². The van der Waals surface area contributed by atoms with Gasteiger partial charge in [0.05, 0.1) is 17.1 Å². The normalized spacial score (nSPS) is 15.6. The second kappa shape index (κ2) is 8.52. The second-order valence-corrected chi connectivity index (χ2v) is 7.67. The first-order chi connectivity index (χ1) is 14.4. The van der Waals surface area contributed by atoms with E-state index in [9.17, 15) is 13.2 Å². The van der Waals surface area contributed by atoms with Gasteiger partial charge in [-0.3, -0.25) is 4.98 Å². The molecule has 30 heavy (non-hydrogen) atoms. The Hall–Kier alpha value is -2.80. The Labute approximate surface area is 174 Å². The number of pyridine rings is 1. The third-order valence-corrected chi connectivity index (χ3v) is 5.53. The van der Waals surface area contributed by atoms with Crippen LogP contribution in [0.2, 0.25) is 0 Å². The minimum absolute atomic E-state index is 0.216. The number of nitrogens with zero attached hydrogens (tertiary/aromatic N) is 2. The number of alkyl halides is 2. The first-order valence-electron chi connectivity index (χ1n) is 10.1. The van der Waals surface area contributed by atoms with Crippen LogP contribution in [-0.2, 0) is 0 Å². The summed E-state index contributed by atoms with van der Waals surface area (Å²) in [5.41, 5.74) is 3.23. The summed E-state index contributed by atoms with van der Waals surface area (Å²) in [6.07, 6.45) is -2.84. The van der Waals surface area contributed by atoms with Gasteiger partial charge >= 0.3 is 0 Å². The zero-order valence-corrected chi connectivity index (χ0v) is 17.1. The summed E-state index contributed by atoms with van der Waals surface area (Å²) < 4.78 is 40.8. The Morgan fingerprint density at radius 3 is 2.53 bits per heavy atom. The number of halogens is 3. The van der Waals surface area contributed by atoms with Gasteiger partial charge in [0.15, 0.2) is 0 Å². The number of rotatable bonds is 5. The van der Waals surface area contributed by atoms with Crippen LogP contribution in [0.4, 0.5) is 24.5 Å². The van der Waals surface area contributed by atoms with E-state index in [1.807, 2.05) is 19.1 Å². The Balaban J connectivity index is 1.70. The van der Waals surface area contributed by atoms with Crippen molar-refractivity contribution in [2.45, 2.75) is 26.3 Å². The maximum atomic E-state index is 14.6. The molecule has 1 aliphatic rings. The Kier molecular flexibility index (Phi) is 5.81. The van der Waals surface area contributed by atoms with Gasteiger partial charge in [-0.25, -0.2) is 13.2 Å². The minimum atomic E-state index is -2.84. The Morgan fingerprint density at radius 2 is 1.80 bits per heavy atom. The highest BCUT2D eigenvalue weighted by atomic mass is 19.3. The van der Waals surface area contributed by atoms with Crippen molar-refractivity contribution in [2.75, 3.05) is 36.4 Å². The molecule has 4 rings (SSSR count). The average Bonchev–Trinajstić information content (AvgIpc) is 2.74. The van der Waals surface area contributed by atoms with Gasteiger partial charge < -0.3 is 15.5 Å². The summed E-state index contributed by atoms with van der Waals surface area (Å²) in [5, 5.41) is 7.60. The molecule has 0 amide bonds. The third kappa shape index (κ3) is 4.07. The molecule has 4 nitrogen and oxygen atoms in total. The Morgan fingerprint density at radius 1 is 1.07 bits per heavy atom. The number of piperazine rings is 1. The predicted octanol–water partition coefficient (Wildman–Crippen LogP) is 5.20. The van der Waals surface area contributed by atoms with Crippen LogP contribution in [0.15, 0.2) is 42.5 Å². The SMILES string of the molecule is Cc1cc(NC(C)c2cccc(C(F)F)c2F)c2cc(N3CCNCC3)ccc2n1. The van der Waals surface area contributed by atoms with E-state index in [4.69, 9.17) is 0 Å². The summed E-state index contributed by atoms with van der Waals surface area (Å²) >= 11 is 0. The number of anilines is 2. The molecular weight excluding hydrogens is 389 g/mol. The van der Waals surface area contributed by atoms with Crippen LogP contribution in [0.3, 0.4) is 0 Å². The molecule has 0 spiro atoms. The molecule has 1 aromatic heterocycles. The summed E-state index contributed by atoms with van der Waals surface area (Å²) in [6, 6.07) is 11.7. The van der Waals surface area contributed by atoms with Crippen molar-refractivity contribution in [3.63, 3.8) is 0 Å². The zero-order valence-electron chi connectivity index (χ0n) is 17.1. The van der Waals surface area contributed by atoms with Crippen molar-refractivity contribution in [1.29, 1.82) is 0 Å². The van der Waals surface area contributed by atoms with Crippen LogP contribution in [0.5, 0.6) is 0 Å². The van der Waals surface area contributed by atoms with Crippen molar-refractivity contribution in [2.24, 2.45) is 0 Å². The smallest absolute Gasteiger partial charge is 0.266 e. The van der Waals surface area contributed by atoms with E-state index >= 15 is 0 Å². The molecule has 1 atom stereocenters. The monoisotopic (exact) mass is 414 g/mol. The lowest BCUT2D eigenvalue weighted by Gasteiger charge is -2.30. The number of hydrogen-bond acceptors (Lipinski definition) is 4. The van der Waals surface area contributed by atoms with Crippen LogP contribution in [0, 0.1) is 12.7 Å². The minimum Gasteiger partial charge on any atom is -0.378 e. The number of aryl methyl sites for hydroxylation is 1. The molecule has 0 aliphatic carbocycles. The third-order valence-electron chi connectivity index (χ3n) is 5.53. The van der Waals surface area contributed by atoms with Gasteiger partial charge in [0.1, 0.15) is 5.82 Å². The maximum Gasteiger partial charge on any atom is 0.266 e. The summed E-state index contributed by atoms with van der Waals surface area (Å²) in [6.45, 7) is 7.40. The fourth-order valence-electron chi connectivity index (χ4n) is 3.97. The Bertz CT molecular complexity index is 1050. The summed E-state index contributed by atoms with van der Waals surface area (Å²) in [7, 11) is 0. The van der Waals surface area contributed by atoms with Gasteiger partial charge in [-0.05, 0) is 38.1 Å². The lowest BCUT2D eigenvalue weighted by atomic mass is 10.0. The van der Waals surface area contributed by atoms with E-state index in [0.717, 1.165) is 60.2 Å². The number of nitrogens with one attached hydrogen (secondary N) is 2. The quantitative estimate of drug-likeness (QED) is 0.602. The maximum absolute atomic E-state index is 14.6. The van der Waals surface area contributed by atoms with Crippen molar-refractivity contribution < 1.29 is 13.2 Å². The summed E-state index contributed by atoms with van der Waals surface area (Å²) in [4.78, 5) is 6.93. The molecule has 1 unspecified atom stereocenters. The molecule has 0 saturated carbocycles. The van der Waals surface area contributed by atoms with Gasteiger partial charge in [-0.15, -0.1) is 0 Å². The molecule has 1 fully saturated rings. The first-order valence-corrected chi connectivity index (χ1v) is 10.1. The molecule has 1 aliphatic heterocycles. The molecular formula is C23H25F3N4. The number of hydrogen-bond donors (Lipinski definition) is 2. The lowest BCUT2D eigenvalue weighted by molar-refractivity contribution is 0.146. The van der Waals surface area contributed by atoms with Crippen molar-refractivity contribution in [3.8, 4) is 0 Å². The molecule has 2 heterocycles. The molecule has 7 heteroatoms. The highest BCUT2D eigenvalue weighted by molar-refractivity contribution is 5.94. The van der Waals surface area contributed by atoms with Gasteiger partial charge in [-0.2, -0.15) is 0 Å². The highest BCUT2D eigenvalue weighted by Crippen LogP contribution is 2.33. The standard InChI is InChI=1S/C23H25F3N4/c1-14-12-21(29-15(2)17-4-3-5-18(22(17)24)23(25)26)19-13-16(6-7-20(19)28-14)30-10-8-27-9-11-30/h3-7,12-13,15,23,27H,8-11H2,1-2H3,(H,28,29). The van der Waals surface area contributed by atoms with Gasteiger partial charge in [0, 0.05) is 54.2 Å². The molecule has 0 bridgehead atoms.